The molecule has 0 fully saturated rings. The van der Waals surface area contributed by atoms with Crippen LogP contribution in [0.4, 0.5) is 18.9 Å². The van der Waals surface area contributed by atoms with Crippen LogP contribution in [0.5, 0.6) is 0 Å². The molecular weight excluding hydrogens is 319 g/mol. The average Bonchev–Trinajstić information content (AvgIpc) is 3.01. The summed E-state index contributed by atoms with van der Waals surface area (Å²) in [7, 11) is 0. The van der Waals surface area contributed by atoms with E-state index in [1.807, 2.05) is 0 Å². The number of carbonyl (C=O) groups excluding carboxylic acids is 1. The van der Waals surface area contributed by atoms with Crippen LogP contribution in [0.2, 0.25) is 0 Å². The maximum absolute atomic E-state index is 12.6. The highest BCUT2D eigenvalue weighted by molar-refractivity contribution is 7.18. The minimum atomic E-state index is -4.47. The van der Waals surface area contributed by atoms with Gasteiger partial charge in [0, 0.05) is 5.69 Å². The van der Waals surface area contributed by atoms with Crippen molar-refractivity contribution >= 4 is 27.9 Å². The first-order chi connectivity index (χ1) is 10.3. The lowest BCUT2D eigenvalue weighted by molar-refractivity contribution is -0.137. The number of carbonyl (C=O) groups is 1. The molecule has 3 rings (SSSR count). The third-order valence-electron chi connectivity index (χ3n) is 2.79. The largest absolute Gasteiger partial charge is 0.416 e. The Morgan fingerprint density at radius 2 is 2.09 bits per heavy atom. The van der Waals surface area contributed by atoms with Gasteiger partial charge in [-0.25, -0.2) is 0 Å². The molecule has 0 radical (unpaired) electrons. The van der Waals surface area contributed by atoms with Gasteiger partial charge >= 0.3 is 6.18 Å². The minimum Gasteiger partial charge on any atom is -0.320 e. The van der Waals surface area contributed by atoms with E-state index in [1.54, 1.807) is 6.92 Å². The van der Waals surface area contributed by atoms with Crippen LogP contribution >= 0.6 is 11.3 Å². The van der Waals surface area contributed by atoms with Crippen LogP contribution in [0.1, 0.15) is 21.2 Å². The molecule has 0 saturated carbocycles. The molecular formula is C12H8F3N5OS. The molecule has 3 aromatic rings. The molecule has 1 amide bonds. The quantitative estimate of drug-likeness (QED) is 0.785. The van der Waals surface area contributed by atoms with Gasteiger partial charge in [-0.05, 0) is 25.1 Å². The fraction of sp³-hybridized carbons (Fsp3) is 0.167. The Hall–Kier alpha value is -2.49. The summed E-state index contributed by atoms with van der Waals surface area (Å²) in [6.07, 6.45) is -4.47. The van der Waals surface area contributed by atoms with Crippen LogP contribution in [0.15, 0.2) is 24.3 Å². The molecule has 0 spiro atoms. The molecule has 114 valence electrons. The Labute approximate surface area is 125 Å². The Morgan fingerprint density at radius 3 is 2.77 bits per heavy atom. The number of nitrogens with zero attached hydrogens (tertiary/aromatic N) is 4. The topological polar surface area (TPSA) is 72.2 Å². The summed E-state index contributed by atoms with van der Waals surface area (Å²) in [6, 6.07) is 4.39. The van der Waals surface area contributed by atoms with Gasteiger partial charge in [-0.1, -0.05) is 17.4 Å². The van der Waals surface area contributed by atoms with Crippen LogP contribution in [0.3, 0.4) is 0 Å². The van der Waals surface area contributed by atoms with Gasteiger partial charge in [0.25, 0.3) is 5.91 Å². The smallest absolute Gasteiger partial charge is 0.320 e. The Morgan fingerprint density at radius 1 is 1.32 bits per heavy atom. The van der Waals surface area contributed by atoms with Crippen molar-refractivity contribution < 1.29 is 18.0 Å². The van der Waals surface area contributed by atoms with E-state index in [0.717, 1.165) is 23.5 Å². The second kappa shape index (κ2) is 5.05. The summed E-state index contributed by atoms with van der Waals surface area (Å²) in [5, 5.41) is 14.1. The number of anilines is 1. The van der Waals surface area contributed by atoms with Gasteiger partial charge in [-0.3, -0.25) is 4.79 Å². The first kappa shape index (κ1) is 14.4. The minimum absolute atomic E-state index is 0.0440. The van der Waals surface area contributed by atoms with Crippen LogP contribution in [-0.2, 0) is 6.18 Å². The first-order valence-corrected chi connectivity index (χ1v) is 6.84. The third-order valence-corrected chi connectivity index (χ3v) is 3.69. The van der Waals surface area contributed by atoms with Gasteiger partial charge in [0.15, 0.2) is 5.82 Å². The maximum Gasteiger partial charge on any atom is 0.416 e. The third kappa shape index (κ3) is 2.64. The van der Waals surface area contributed by atoms with Gasteiger partial charge < -0.3 is 5.32 Å². The number of nitrogens with one attached hydrogen (secondary N) is 1. The summed E-state index contributed by atoms with van der Waals surface area (Å²) < 4.78 is 39.3. The van der Waals surface area contributed by atoms with E-state index in [-0.39, 0.29) is 10.7 Å². The number of hydrogen-bond donors (Lipinski definition) is 1. The molecule has 6 nitrogen and oxygen atoms in total. The molecule has 0 unspecified atom stereocenters. The highest BCUT2D eigenvalue weighted by Gasteiger charge is 2.30. The van der Waals surface area contributed by atoms with Crippen molar-refractivity contribution in [3.63, 3.8) is 0 Å². The molecule has 0 aliphatic heterocycles. The highest BCUT2D eigenvalue weighted by atomic mass is 32.1. The number of amides is 1. The van der Waals surface area contributed by atoms with E-state index in [2.05, 4.69) is 20.6 Å². The molecule has 10 heteroatoms. The standard InChI is InChI=1S/C12H8F3N5OS/c1-6-17-18-11-20(6)19-10(22-11)9(21)16-8-4-2-3-7(5-8)12(13,14)15/h2-5H,1H3,(H,16,21). The molecule has 22 heavy (non-hydrogen) atoms. The van der Waals surface area contributed by atoms with Gasteiger partial charge in [-0.2, -0.15) is 17.7 Å². The van der Waals surface area contributed by atoms with E-state index in [0.29, 0.717) is 10.8 Å². The number of alkyl halides is 3. The van der Waals surface area contributed by atoms with Crippen LogP contribution in [0.25, 0.3) is 4.96 Å². The lowest BCUT2D eigenvalue weighted by atomic mass is 10.2. The molecule has 0 atom stereocenters. The molecule has 0 bridgehead atoms. The molecule has 0 saturated heterocycles. The second-order valence-corrected chi connectivity index (χ2v) is 5.34. The predicted octanol–water partition coefficient (Wildman–Crippen LogP) is 2.77. The lowest BCUT2D eigenvalue weighted by Gasteiger charge is -2.08. The summed E-state index contributed by atoms with van der Waals surface area (Å²) >= 11 is 0.999. The first-order valence-electron chi connectivity index (χ1n) is 6.02. The van der Waals surface area contributed by atoms with Crippen molar-refractivity contribution in [2.75, 3.05) is 5.32 Å². The SMILES string of the molecule is Cc1nnc2sc(C(=O)Nc3cccc(C(F)(F)F)c3)nn12. The number of benzene rings is 1. The number of rotatable bonds is 2. The maximum atomic E-state index is 12.6. The predicted molar refractivity (Wildman–Crippen MR) is 72.8 cm³/mol. The van der Waals surface area contributed by atoms with Crippen molar-refractivity contribution in [2.24, 2.45) is 0 Å². The van der Waals surface area contributed by atoms with E-state index < -0.39 is 17.6 Å². The lowest BCUT2D eigenvalue weighted by Crippen LogP contribution is -2.13. The molecule has 0 aliphatic carbocycles. The zero-order valence-electron chi connectivity index (χ0n) is 11.0. The van der Waals surface area contributed by atoms with Gasteiger partial charge in [0.05, 0.1) is 5.56 Å². The van der Waals surface area contributed by atoms with Gasteiger partial charge in [0.1, 0.15) is 0 Å². The van der Waals surface area contributed by atoms with Crippen molar-refractivity contribution in [3.05, 3.63) is 40.7 Å². The van der Waals surface area contributed by atoms with E-state index in [9.17, 15) is 18.0 Å². The Balaban J connectivity index is 1.84. The highest BCUT2D eigenvalue weighted by Crippen LogP contribution is 2.30. The Bertz CT molecular complexity index is 854. The molecule has 0 aliphatic rings. The van der Waals surface area contributed by atoms with E-state index >= 15 is 0 Å². The van der Waals surface area contributed by atoms with E-state index in [4.69, 9.17) is 0 Å². The fourth-order valence-electron chi connectivity index (χ4n) is 1.76. The summed E-state index contributed by atoms with van der Waals surface area (Å²) in [5.41, 5.74) is -0.790. The number of hydrogen-bond acceptors (Lipinski definition) is 5. The normalized spacial score (nSPS) is 11.8. The van der Waals surface area contributed by atoms with Crippen LogP contribution in [0, 0.1) is 6.92 Å². The summed E-state index contributed by atoms with van der Waals surface area (Å²) in [4.78, 5) is 12.5. The van der Waals surface area contributed by atoms with Gasteiger partial charge in [0.2, 0.25) is 9.97 Å². The summed E-state index contributed by atoms with van der Waals surface area (Å²) in [6.45, 7) is 1.67. The van der Waals surface area contributed by atoms with Crippen molar-refractivity contribution in [1.29, 1.82) is 0 Å². The zero-order valence-corrected chi connectivity index (χ0v) is 11.9. The molecule has 2 heterocycles. The van der Waals surface area contributed by atoms with Crippen molar-refractivity contribution in [1.82, 2.24) is 19.8 Å². The van der Waals surface area contributed by atoms with Gasteiger partial charge in [-0.15, -0.1) is 15.3 Å². The number of halogens is 3. The molecule has 1 aromatic carbocycles. The van der Waals surface area contributed by atoms with Crippen LogP contribution < -0.4 is 5.32 Å². The number of fused-ring (bicyclic) bond motifs is 1. The van der Waals surface area contributed by atoms with Crippen LogP contribution in [-0.4, -0.2) is 25.7 Å². The fourth-order valence-corrected chi connectivity index (χ4v) is 2.54. The monoisotopic (exact) mass is 327 g/mol. The zero-order chi connectivity index (χ0) is 15.9. The number of aromatic nitrogens is 4. The van der Waals surface area contributed by atoms with E-state index in [1.165, 1.54) is 16.6 Å². The second-order valence-electron chi connectivity index (χ2n) is 4.38. The molecule has 2 aromatic heterocycles. The van der Waals surface area contributed by atoms with Crippen molar-refractivity contribution in [3.8, 4) is 0 Å². The number of aryl methyl sites for hydroxylation is 1. The summed E-state index contributed by atoms with van der Waals surface area (Å²) in [5.74, 6) is -0.0846. The Kier molecular flexibility index (Phi) is 3.32. The average molecular weight is 327 g/mol. The van der Waals surface area contributed by atoms with Crippen molar-refractivity contribution in [2.45, 2.75) is 13.1 Å². The molecule has 1 N–H and O–H groups in total.